The van der Waals surface area contributed by atoms with Gasteiger partial charge in [-0.15, -0.1) is 0 Å². The van der Waals surface area contributed by atoms with Gasteiger partial charge in [-0.05, 0) is 25.5 Å². The first-order valence-electron chi connectivity index (χ1n) is 5.89. The summed E-state index contributed by atoms with van der Waals surface area (Å²) in [5, 5.41) is 0. The van der Waals surface area contributed by atoms with Crippen molar-refractivity contribution in [1.82, 2.24) is 0 Å². The van der Waals surface area contributed by atoms with E-state index in [0.717, 1.165) is 0 Å². The van der Waals surface area contributed by atoms with Gasteiger partial charge in [-0.2, -0.15) is 0 Å². The van der Waals surface area contributed by atoms with Crippen LogP contribution in [0.4, 0.5) is 5.69 Å². The van der Waals surface area contributed by atoms with Crippen LogP contribution in [-0.4, -0.2) is 25.8 Å². The second-order valence-corrected chi connectivity index (χ2v) is 3.67. The van der Waals surface area contributed by atoms with Crippen LogP contribution >= 0.6 is 0 Å². The highest BCUT2D eigenvalue weighted by Gasteiger charge is 2.19. The molecule has 0 bridgehead atoms. The Hall–Kier alpha value is -1.91. The first-order chi connectivity index (χ1) is 8.62. The molecule has 1 aromatic carbocycles. The molecular weight excluding hydrogens is 234 g/mol. The molecule has 5 heteroatoms. The van der Waals surface area contributed by atoms with Gasteiger partial charge in [0.1, 0.15) is 11.5 Å². The van der Waals surface area contributed by atoms with Gasteiger partial charge in [-0.3, -0.25) is 0 Å². The average Bonchev–Trinajstić information content (AvgIpc) is 2.36. The number of benzene rings is 1. The summed E-state index contributed by atoms with van der Waals surface area (Å²) in [4.78, 5) is 11.6. The van der Waals surface area contributed by atoms with Gasteiger partial charge in [0.25, 0.3) is 0 Å². The van der Waals surface area contributed by atoms with Crippen LogP contribution in [0.15, 0.2) is 18.2 Å². The van der Waals surface area contributed by atoms with Crippen LogP contribution in [0.2, 0.25) is 0 Å². The standard InChI is InChI=1S/C13H19NO4/c1-4-11(13(15)17-5-2)18-9-6-7-12(16-3)10(14)8-9/h6-8,11H,4-5,14H2,1-3H3. The first-order valence-corrected chi connectivity index (χ1v) is 5.89. The summed E-state index contributed by atoms with van der Waals surface area (Å²) in [5.74, 6) is 0.731. The number of hydrogen-bond acceptors (Lipinski definition) is 5. The van der Waals surface area contributed by atoms with Crippen molar-refractivity contribution in [2.24, 2.45) is 0 Å². The van der Waals surface area contributed by atoms with Crippen LogP contribution in [-0.2, 0) is 9.53 Å². The van der Waals surface area contributed by atoms with Crippen LogP contribution in [0.1, 0.15) is 20.3 Å². The van der Waals surface area contributed by atoms with E-state index >= 15 is 0 Å². The largest absolute Gasteiger partial charge is 0.495 e. The highest BCUT2D eigenvalue weighted by molar-refractivity contribution is 5.75. The van der Waals surface area contributed by atoms with E-state index in [1.54, 1.807) is 32.2 Å². The van der Waals surface area contributed by atoms with Crippen LogP contribution < -0.4 is 15.2 Å². The van der Waals surface area contributed by atoms with Gasteiger partial charge in [0, 0.05) is 6.07 Å². The van der Waals surface area contributed by atoms with Gasteiger partial charge in [0.05, 0.1) is 19.4 Å². The fourth-order valence-electron chi connectivity index (χ4n) is 1.48. The van der Waals surface area contributed by atoms with Crippen LogP contribution in [0.25, 0.3) is 0 Å². The second-order valence-electron chi connectivity index (χ2n) is 3.67. The molecule has 0 fully saturated rings. The van der Waals surface area contributed by atoms with Crippen molar-refractivity contribution in [3.05, 3.63) is 18.2 Å². The lowest BCUT2D eigenvalue weighted by Crippen LogP contribution is -2.28. The molecule has 1 rings (SSSR count). The molecule has 0 aliphatic carbocycles. The number of hydrogen-bond donors (Lipinski definition) is 1. The van der Waals surface area contributed by atoms with Crippen molar-refractivity contribution >= 4 is 11.7 Å². The molecule has 0 aliphatic heterocycles. The number of carbonyl (C=O) groups is 1. The summed E-state index contributed by atoms with van der Waals surface area (Å²) in [7, 11) is 1.54. The number of methoxy groups -OCH3 is 1. The molecule has 0 heterocycles. The van der Waals surface area contributed by atoms with Gasteiger partial charge in [-0.25, -0.2) is 4.79 Å². The van der Waals surface area contributed by atoms with Crippen molar-refractivity contribution in [1.29, 1.82) is 0 Å². The minimum Gasteiger partial charge on any atom is -0.495 e. The summed E-state index contributed by atoms with van der Waals surface area (Å²) in [6, 6.07) is 5.03. The molecule has 1 aromatic rings. The fraction of sp³-hybridized carbons (Fsp3) is 0.462. The zero-order valence-electron chi connectivity index (χ0n) is 10.9. The monoisotopic (exact) mass is 253 g/mol. The van der Waals surface area contributed by atoms with Crippen molar-refractivity contribution in [3.63, 3.8) is 0 Å². The molecular formula is C13H19NO4. The topological polar surface area (TPSA) is 70.8 Å². The number of nitrogen functional groups attached to an aromatic ring is 1. The highest BCUT2D eigenvalue weighted by Crippen LogP contribution is 2.26. The first kappa shape index (κ1) is 14.2. The summed E-state index contributed by atoms with van der Waals surface area (Å²) < 4.78 is 15.5. The third-order valence-corrected chi connectivity index (χ3v) is 2.40. The number of nitrogens with two attached hydrogens (primary N) is 1. The van der Waals surface area contributed by atoms with E-state index < -0.39 is 6.10 Å². The second kappa shape index (κ2) is 6.74. The quantitative estimate of drug-likeness (QED) is 0.620. The van der Waals surface area contributed by atoms with Crippen LogP contribution in [0.5, 0.6) is 11.5 Å². The smallest absolute Gasteiger partial charge is 0.347 e. The molecule has 100 valence electrons. The fourth-order valence-corrected chi connectivity index (χ4v) is 1.48. The molecule has 5 nitrogen and oxygen atoms in total. The Morgan fingerprint density at radius 2 is 2.11 bits per heavy atom. The Morgan fingerprint density at radius 1 is 1.39 bits per heavy atom. The van der Waals surface area contributed by atoms with E-state index in [1.165, 1.54) is 0 Å². The van der Waals surface area contributed by atoms with Crippen molar-refractivity contribution in [2.45, 2.75) is 26.4 Å². The molecule has 1 unspecified atom stereocenters. The molecule has 0 saturated heterocycles. The van der Waals surface area contributed by atoms with Crippen molar-refractivity contribution < 1.29 is 19.0 Å². The predicted octanol–water partition coefficient (Wildman–Crippen LogP) is 2.00. The number of esters is 1. The Bertz CT molecular complexity index is 406. The number of rotatable bonds is 6. The minimum atomic E-state index is -0.613. The maximum atomic E-state index is 11.6. The zero-order chi connectivity index (χ0) is 13.5. The van der Waals surface area contributed by atoms with Gasteiger partial charge >= 0.3 is 5.97 Å². The van der Waals surface area contributed by atoms with E-state index in [-0.39, 0.29) is 5.97 Å². The summed E-state index contributed by atoms with van der Waals surface area (Å²) in [6.45, 7) is 3.95. The molecule has 18 heavy (non-hydrogen) atoms. The molecule has 0 saturated carbocycles. The molecule has 0 radical (unpaired) electrons. The number of ether oxygens (including phenoxy) is 3. The molecule has 0 spiro atoms. The van der Waals surface area contributed by atoms with E-state index in [2.05, 4.69) is 0 Å². The highest BCUT2D eigenvalue weighted by atomic mass is 16.6. The summed E-state index contributed by atoms with van der Waals surface area (Å²) in [6.07, 6.45) is -0.0807. The van der Waals surface area contributed by atoms with E-state index in [9.17, 15) is 4.79 Å². The van der Waals surface area contributed by atoms with Crippen molar-refractivity contribution in [2.75, 3.05) is 19.5 Å². The molecule has 0 aliphatic rings. The van der Waals surface area contributed by atoms with E-state index in [4.69, 9.17) is 19.9 Å². The average molecular weight is 253 g/mol. The van der Waals surface area contributed by atoms with E-state index in [1.807, 2.05) is 6.92 Å². The normalized spacial score (nSPS) is 11.7. The van der Waals surface area contributed by atoms with Crippen molar-refractivity contribution in [3.8, 4) is 11.5 Å². The molecule has 2 N–H and O–H groups in total. The van der Waals surface area contributed by atoms with Gasteiger partial charge in [-0.1, -0.05) is 6.92 Å². The lowest BCUT2D eigenvalue weighted by atomic mass is 10.2. The van der Waals surface area contributed by atoms with Gasteiger partial charge in [0.15, 0.2) is 6.10 Å². The van der Waals surface area contributed by atoms with E-state index in [0.29, 0.717) is 30.2 Å². The lowest BCUT2D eigenvalue weighted by Gasteiger charge is -2.16. The van der Waals surface area contributed by atoms with Gasteiger partial charge in [0.2, 0.25) is 0 Å². The third-order valence-electron chi connectivity index (χ3n) is 2.40. The molecule has 1 atom stereocenters. The van der Waals surface area contributed by atoms with Crippen LogP contribution in [0, 0.1) is 0 Å². The molecule has 0 aromatic heterocycles. The maximum Gasteiger partial charge on any atom is 0.347 e. The summed E-state index contributed by atoms with van der Waals surface area (Å²) in [5.41, 5.74) is 6.23. The SMILES string of the molecule is CCOC(=O)C(CC)Oc1ccc(OC)c(N)c1. The number of anilines is 1. The molecule has 0 amide bonds. The van der Waals surface area contributed by atoms with Gasteiger partial charge < -0.3 is 19.9 Å². The Morgan fingerprint density at radius 3 is 2.61 bits per heavy atom. The minimum absolute atomic E-state index is 0.337. The van der Waals surface area contributed by atoms with Crippen LogP contribution in [0.3, 0.4) is 0 Å². The zero-order valence-corrected chi connectivity index (χ0v) is 10.9. The Labute approximate surface area is 107 Å². The maximum absolute atomic E-state index is 11.6. The summed E-state index contributed by atoms with van der Waals surface area (Å²) >= 11 is 0. The number of carbonyl (C=O) groups excluding carboxylic acids is 1. The Balaban J connectivity index is 2.76. The lowest BCUT2D eigenvalue weighted by molar-refractivity contribution is -0.151. The third kappa shape index (κ3) is 3.55. The predicted molar refractivity (Wildman–Crippen MR) is 68.7 cm³/mol. The Kier molecular flexibility index (Phi) is 5.30.